The monoisotopic (exact) mass is 240 g/mol. The van der Waals surface area contributed by atoms with E-state index < -0.39 is 0 Å². The minimum Gasteiger partial charge on any atom is -0.381 e. The maximum Gasteiger partial charge on any atom is 0.0469 e. The van der Waals surface area contributed by atoms with Crippen molar-refractivity contribution < 1.29 is 4.74 Å². The number of nitrogens with one attached hydrogen (secondary N) is 1. The maximum atomic E-state index is 5.40. The SMILES string of the molecule is CC(NCC1CCOCC1)C1CCN(C)CC1. The minimum absolute atomic E-state index is 0.687. The third-order valence-electron chi connectivity index (χ3n) is 4.54. The number of nitrogens with zero attached hydrogens (tertiary/aromatic N) is 1. The van der Waals surface area contributed by atoms with Crippen molar-refractivity contribution >= 4 is 0 Å². The van der Waals surface area contributed by atoms with Crippen LogP contribution < -0.4 is 5.32 Å². The number of hydrogen-bond donors (Lipinski definition) is 1. The quantitative estimate of drug-likeness (QED) is 0.810. The van der Waals surface area contributed by atoms with Gasteiger partial charge in [-0.1, -0.05) is 0 Å². The van der Waals surface area contributed by atoms with Crippen LogP contribution in [0.3, 0.4) is 0 Å². The van der Waals surface area contributed by atoms with Crippen molar-refractivity contribution in [2.24, 2.45) is 11.8 Å². The van der Waals surface area contributed by atoms with Gasteiger partial charge in [0.25, 0.3) is 0 Å². The summed E-state index contributed by atoms with van der Waals surface area (Å²) in [7, 11) is 2.23. The molecule has 3 heteroatoms. The molecule has 100 valence electrons. The first-order valence-corrected chi connectivity index (χ1v) is 7.25. The fourth-order valence-corrected chi connectivity index (χ4v) is 3.00. The van der Waals surface area contributed by atoms with Crippen LogP contribution in [-0.2, 0) is 4.74 Å². The summed E-state index contributed by atoms with van der Waals surface area (Å²) < 4.78 is 5.40. The summed E-state index contributed by atoms with van der Waals surface area (Å²) >= 11 is 0. The lowest BCUT2D eigenvalue weighted by Gasteiger charge is -2.34. The van der Waals surface area contributed by atoms with E-state index in [0.29, 0.717) is 6.04 Å². The van der Waals surface area contributed by atoms with Gasteiger partial charge in [0.1, 0.15) is 0 Å². The number of ether oxygens (including phenoxy) is 1. The molecule has 0 aromatic carbocycles. The lowest BCUT2D eigenvalue weighted by atomic mass is 9.90. The molecule has 0 aromatic rings. The van der Waals surface area contributed by atoms with Crippen molar-refractivity contribution in [3.63, 3.8) is 0 Å². The molecule has 1 atom stereocenters. The Morgan fingerprint density at radius 1 is 1.18 bits per heavy atom. The van der Waals surface area contributed by atoms with Crippen LogP contribution in [0, 0.1) is 11.8 Å². The summed E-state index contributed by atoms with van der Waals surface area (Å²) in [5, 5.41) is 3.76. The smallest absolute Gasteiger partial charge is 0.0469 e. The minimum atomic E-state index is 0.687. The van der Waals surface area contributed by atoms with E-state index >= 15 is 0 Å². The number of rotatable bonds is 4. The Balaban J connectivity index is 1.64. The molecule has 2 rings (SSSR count). The molecule has 2 aliphatic rings. The van der Waals surface area contributed by atoms with E-state index in [1.54, 1.807) is 0 Å². The van der Waals surface area contributed by atoms with Crippen LogP contribution >= 0.6 is 0 Å². The van der Waals surface area contributed by atoms with Crippen LogP contribution in [0.4, 0.5) is 0 Å². The van der Waals surface area contributed by atoms with Crippen molar-refractivity contribution in [2.45, 2.75) is 38.6 Å². The van der Waals surface area contributed by atoms with Gasteiger partial charge in [-0.15, -0.1) is 0 Å². The van der Waals surface area contributed by atoms with Crippen LogP contribution in [0.15, 0.2) is 0 Å². The Labute approximate surface area is 106 Å². The van der Waals surface area contributed by atoms with Gasteiger partial charge in [0, 0.05) is 19.3 Å². The highest BCUT2D eigenvalue weighted by atomic mass is 16.5. The topological polar surface area (TPSA) is 24.5 Å². The van der Waals surface area contributed by atoms with Crippen molar-refractivity contribution in [3.8, 4) is 0 Å². The molecule has 0 radical (unpaired) electrons. The summed E-state index contributed by atoms with van der Waals surface area (Å²) in [4.78, 5) is 2.45. The summed E-state index contributed by atoms with van der Waals surface area (Å²) in [5.74, 6) is 1.73. The average molecular weight is 240 g/mol. The second-order valence-corrected chi connectivity index (χ2v) is 5.89. The molecule has 2 heterocycles. The van der Waals surface area contributed by atoms with Crippen LogP contribution in [0.1, 0.15) is 32.6 Å². The molecule has 0 spiro atoms. The zero-order chi connectivity index (χ0) is 12.1. The van der Waals surface area contributed by atoms with E-state index in [0.717, 1.165) is 25.0 Å². The number of likely N-dealkylation sites (tertiary alicyclic amines) is 1. The zero-order valence-electron chi connectivity index (χ0n) is 11.5. The summed E-state index contributed by atoms with van der Waals surface area (Å²) in [6.07, 6.45) is 5.21. The molecular formula is C14H28N2O. The Hall–Kier alpha value is -0.120. The van der Waals surface area contributed by atoms with Crippen LogP contribution in [-0.4, -0.2) is 50.8 Å². The van der Waals surface area contributed by atoms with E-state index in [1.807, 2.05) is 0 Å². The summed E-state index contributed by atoms with van der Waals surface area (Å²) in [5.41, 5.74) is 0. The van der Waals surface area contributed by atoms with E-state index in [4.69, 9.17) is 4.74 Å². The van der Waals surface area contributed by atoms with E-state index in [9.17, 15) is 0 Å². The van der Waals surface area contributed by atoms with Gasteiger partial charge in [-0.05, 0) is 71.1 Å². The summed E-state index contributed by atoms with van der Waals surface area (Å²) in [6, 6.07) is 0.687. The molecule has 0 aromatic heterocycles. The standard InChI is InChI=1S/C14H28N2O/c1-12(14-3-7-16(2)8-4-14)15-11-13-5-9-17-10-6-13/h12-15H,3-11H2,1-2H3. The van der Waals surface area contributed by atoms with Crippen molar-refractivity contribution in [1.82, 2.24) is 10.2 Å². The van der Waals surface area contributed by atoms with Gasteiger partial charge < -0.3 is 15.0 Å². The third-order valence-corrected chi connectivity index (χ3v) is 4.54. The maximum absolute atomic E-state index is 5.40. The Morgan fingerprint density at radius 2 is 1.82 bits per heavy atom. The second-order valence-electron chi connectivity index (χ2n) is 5.89. The van der Waals surface area contributed by atoms with Crippen molar-refractivity contribution in [2.75, 3.05) is 39.9 Å². The van der Waals surface area contributed by atoms with E-state index in [-0.39, 0.29) is 0 Å². The predicted molar refractivity (Wildman–Crippen MR) is 71.2 cm³/mol. The average Bonchev–Trinajstić information content (AvgIpc) is 2.38. The molecule has 17 heavy (non-hydrogen) atoms. The number of hydrogen-bond acceptors (Lipinski definition) is 3. The van der Waals surface area contributed by atoms with Gasteiger partial charge in [-0.3, -0.25) is 0 Å². The van der Waals surface area contributed by atoms with E-state index in [1.165, 1.54) is 45.3 Å². The highest BCUT2D eigenvalue weighted by Crippen LogP contribution is 2.20. The molecule has 3 nitrogen and oxygen atoms in total. The first-order valence-electron chi connectivity index (χ1n) is 7.25. The molecule has 0 bridgehead atoms. The van der Waals surface area contributed by atoms with E-state index in [2.05, 4.69) is 24.2 Å². The molecule has 0 saturated carbocycles. The lowest BCUT2D eigenvalue weighted by molar-refractivity contribution is 0.0642. The fourth-order valence-electron chi connectivity index (χ4n) is 3.00. The van der Waals surface area contributed by atoms with Gasteiger partial charge in [0.15, 0.2) is 0 Å². The zero-order valence-corrected chi connectivity index (χ0v) is 11.5. The Bertz CT molecular complexity index is 208. The van der Waals surface area contributed by atoms with Gasteiger partial charge in [-0.2, -0.15) is 0 Å². The molecule has 0 aliphatic carbocycles. The third kappa shape index (κ3) is 4.23. The molecular weight excluding hydrogens is 212 g/mol. The first kappa shape index (κ1) is 13.3. The highest BCUT2D eigenvalue weighted by molar-refractivity contribution is 4.79. The fraction of sp³-hybridized carbons (Fsp3) is 1.00. The Morgan fingerprint density at radius 3 is 2.47 bits per heavy atom. The van der Waals surface area contributed by atoms with Crippen molar-refractivity contribution in [3.05, 3.63) is 0 Å². The molecule has 2 fully saturated rings. The normalized spacial score (nSPS) is 27.2. The van der Waals surface area contributed by atoms with Gasteiger partial charge >= 0.3 is 0 Å². The Kier molecular flexibility index (Phi) is 5.26. The summed E-state index contributed by atoms with van der Waals surface area (Å²) in [6.45, 7) is 8.04. The molecule has 2 saturated heterocycles. The molecule has 1 unspecified atom stereocenters. The highest BCUT2D eigenvalue weighted by Gasteiger charge is 2.23. The first-order chi connectivity index (χ1) is 8.25. The van der Waals surface area contributed by atoms with Gasteiger partial charge in [0.05, 0.1) is 0 Å². The van der Waals surface area contributed by atoms with Crippen LogP contribution in [0.5, 0.6) is 0 Å². The largest absolute Gasteiger partial charge is 0.381 e. The molecule has 0 amide bonds. The van der Waals surface area contributed by atoms with Gasteiger partial charge in [0.2, 0.25) is 0 Å². The van der Waals surface area contributed by atoms with Gasteiger partial charge in [-0.25, -0.2) is 0 Å². The van der Waals surface area contributed by atoms with Crippen LogP contribution in [0.2, 0.25) is 0 Å². The van der Waals surface area contributed by atoms with Crippen LogP contribution in [0.25, 0.3) is 0 Å². The number of piperidine rings is 1. The molecule has 1 N–H and O–H groups in total. The predicted octanol–water partition coefficient (Wildman–Crippen LogP) is 1.73. The van der Waals surface area contributed by atoms with Crippen molar-refractivity contribution in [1.29, 1.82) is 0 Å². The second kappa shape index (κ2) is 6.72. The molecule has 2 aliphatic heterocycles. The lowest BCUT2D eigenvalue weighted by Crippen LogP contribution is -2.42.